The summed E-state index contributed by atoms with van der Waals surface area (Å²) in [6.07, 6.45) is 0. The maximum atomic E-state index is 4.28. The Morgan fingerprint density at radius 2 is 2.40 bits per heavy atom. The van der Waals surface area contributed by atoms with Crippen LogP contribution in [0, 0.1) is 6.92 Å². The Labute approximate surface area is 65.6 Å². The Kier molecular flexibility index (Phi) is 2.38. The van der Waals surface area contributed by atoms with Gasteiger partial charge in [0.15, 0.2) is 0 Å². The van der Waals surface area contributed by atoms with Gasteiger partial charge in [0.2, 0.25) is 0 Å². The molecule has 1 rings (SSSR count). The number of hydrogen-bond donors (Lipinski definition) is 0. The van der Waals surface area contributed by atoms with Crippen LogP contribution >= 0.6 is 11.8 Å². The summed E-state index contributed by atoms with van der Waals surface area (Å²) in [4.78, 5) is 0. The first-order valence-corrected chi connectivity index (χ1v) is 4.36. The summed E-state index contributed by atoms with van der Waals surface area (Å²) in [6.45, 7) is 4.20. The predicted octanol–water partition coefficient (Wildman–Crippen LogP) is 1.84. The molecule has 0 spiro atoms. The van der Waals surface area contributed by atoms with Crippen molar-refractivity contribution in [3.63, 3.8) is 0 Å². The second-order valence-electron chi connectivity index (χ2n) is 2.18. The molecule has 0 N–H and O–H groups in total. The maximum absolute atomic E-state index is 4.28. The van der Waals surface area contributed by atoms with Crippen LogP contribution in [0.2, 0.25) is 0 Å². The fourth-order valence-corrected chi connectivity index (χ4v) is 1.48. The van der Waals surface area contributed by atoms with Crippen LogP contribution in [-0.2, 0) is 7.05 Å². The number of rotatable bonds is 2. The zero-order valence-electron chi connectivity index (χ0n) is 6.59. The van der Waals surface area contributed by atoms with Crippen molar-refractivity contribution in [2.45, 2.75) is 18.9 Å². The van der Waals surface area contributed by atoms with Crippen LogP contribution < -0.4 is 0 Å². The molecule has 0 atom stereocenters. The van der Waals surface area contributed by atoms with Crippen molar-refractivity contribution in [3.8, 4) is 0 Å². The summed E-state index contributed by atoms with van der Waals surface area (Å²) in [5.41, 5.74) is 1.22. The molecule has 0 saturated carbocycles. The van der Waals surface area contributed by atoms with E-state index >= 15 is 0 Å². The molecule has 2 nitrogen and oxygen atoms in total. The van der Waals surface area contributed by atoms with Crippen molar-refractivity contribution in [1.29, 1.82) is 0 Å². The van der Waals surface area contributed by atoms with Gasteiger partial charge < -0.3 is 0 Å². The number of nitrogens with zero attached hydrogens (tertiary/aromatic N) is 2. The minimum atomic E-state index is 1.09. The topological polar surface area (TPSA) is 17.8 Å². The highest BCUT2D eigenvalue weighted by Gasteiger charge is 1.98. The van der Waals surface area contributed by atoms with Crippen LogP contribution in [-0.4, -0.2) is 15.5 Å². The lowest BCUT2D eigenvalue weighted by Gasteiger charge is -1.89. The first-order chi connectivity index (χ1) is 4.74. The van der Waals surface area contributed by atoms with Gasteiger partial charge in [0.25, 0.3) is 0 Å². The minimum absolute atomic E-state index is 1.09. The van der Waals surface area contributed by atoms with Gasteiger partial charge >= 0.3 is 0 Å². The van der Waals surface area contributed by atoms with Gasteiger partial charge in [0, 0.05) is 12.7 Å². The van der Waals surface area contributed by atoms with Crippen molar-refractivity contribution in [2.24, 2.45) is 7.05 Å². The molecule has 0 saturated heterocycles. The van der Waals surface area contributed by atoms with E-state index in [0.29, 0.717) is 0 Å². The molecule has 1 aromatic rings. The monoisotopic (exact) mass is 156 g/mol. The SMILES string of the molecule is CCSc1cc(C)n(C)n1. The minimum Gasteiger partial charge on any atom is -0.272 e. The van der Waals surface area contributed by atoms with Gasteiger partial charge in [-0.05, 0) is 18.7 Å². The molecule has 0 aliphatic carbocycles. The van der Waals surface area contributed by atoms with E-state index in [2.05, 4.69) is 25.0 Å². The summed E-state index contributed by atoms with van der Waals surface area (Å²) >= 11 is 1.78. The molecule has 0 aromatic carbocycles. The second-order valence-corrected chi connectivity index (χ2v) is 3.46. The van der Waals surface area contributed by atoms with E-state index in [1.807, 2.05) is 11.7 Å². The molecule has 0 fully saturated rings. The van der Waals surface area contributed by atoms with Crippen LogP contribution in [0.15, 0.2) is 11.1 Å². The molecule has 0 radical (unpaired) electrons. The van der Waals surface area contributed by atoms with Crippen molar-refractivity contribution < 1.29 is 0 Å². The van der Waals surface area contributed by atoms with Crippen molar-refractivity contribution in [1.82, 2.24) is 9.78 Å². The molecule has 0 aliphatic heterocycles. The van der Waals surface area contributed by atoms with Crippen LogP contribution in [0.1, 0.15) is 12.6 Å². The van der Waals surface area contributed by atoms with E-state index in [4.69, 9.17) is 0 Å². The van der Waals surface area contributed by atoms with Crippen molar-refractivity contribution >= 4 is 11.8 Å². The highest BCUT2D eigenvalue weighted by atomic mass is 32.2. The van der Waals surface area contributed by atoms with E-state index < -0.39 is 0 Å². The van der Waals surface area contributed by atoms with E-state index in [1.54, 1.807) is 11.8 Å². The predicted molar refractivity (Wildman–Crippen MR) is 44.3 cm³/mol. The first kappa shape index (κ1) is 7.66. The number of aryl methyl sites for hydroxylation is 2. The van der Waals surface area contributed by atoms with Crippen LogP contribution in [0.3, 0.4) is 0 Å². The van der Waals surface area contributed by atoms with Crippen molar-refractivity contribution in [3.05, 3.63) is 11.8 Å². The van der Waals surface area contributed by atoms with E-state index in [-0.39, 0.29) is 0 Å². The highest BCUT2D eigenvalue weighted by Crippen LogP contribution is 2.15. The van der Waals surface area contributed by atoms with Gasteiger partial charge in [0.05, 0.1) is 0 Å². The maximum Gasteiger partial charge on any atom is 0.118 e. The van der Waals surface area contributed by atoms with E-state index in [0.717, 1.165) is 10.8 Å². The fraction of sp³-hybridized carbons (Fsp3) is 0.571. The second kappa shape index (κ2) is 3.10. The summed E-state index contributed by atoms with van der Waals surface area (Å²) in [6, 6.07) is 2.11. The lowest BCUT2D eigenvalue weighted by atomic mass is 10.5. The molecule has 3 heteroatoms. The molecule has 0 unspecified atom stereocenters. The molecule has 0 amide bonds. The van der Waals surface area contributed by atoms with Crippen LogP contribution in [0.5, 0.6) is 0 Å². The number of aromatic nitrogens is 2. The Balaban J connectivity index is 2.77. The zero-order valence-corrected chi connectivity index (χ0v) is 7.40. The third-order valence-corrected chi connectivity index (χ3v) is 2.17. The molecule has 56 valence electrons. The third-order valence-electron chi connectivity index (χ3n) is 1.38. The average molecular weight is 156 g/mol. The third kappa shape index (κ3) is 1.53. The summed E-state index contributed by atoms with van der Waals surface area (Å²) in [5, 5.41) is 5.41. The molecule has 0 bridgehead atoms. The largest absolute Gasteiger partial charge is 0.272 e. The standard InChI is InChI=1S/C7H12N2S/c1-4-10-7-5-6(2)9(3)8-7/h5H,4H2,1-3H3. The molecule has 0 aliphatic rings. The average Bonchev–Trinajstić information content (AvgIpc) is 2.14. The molecule has 1 heterocycles. The Morgan fingerprint density at radius 3 is 2.80 bits per heavy atom. The molecular formula is C7H12N2S. The van der Waals surface area contributed by atoms with Gasteiger partial charge in [-0.1, -0.05) is 6.92 Å². The molecule has 1 aromatic heterocycles. The van der Waals surface area contributed by atoms with Crippen LogP contribution in [0.25, 0.3) is 0 Å². The fourth-order valence-electron chi connectivity index (χ4n) is 0.746. The lowest BCUT2D eigenvalue weighted by Crippen LogP contribution is -1.91. The van der Waals surface area contributed by atoms with Crippen molar-refractivity contribution in [2.75, 3.05) is 5.75 Å². The zero-order chi connectivity index (χ0) is 7.56. The lowest BCUT2D eigenvalue weighted by molar-refractivity contribution is 0.716. The van der Waals surface area contributed by atoms with Gasteiger partial charge in [-0.2, -0.15) is 5.10 Å². The Hall–Kier alpha value is -0.440. The normalized spacial score (nSPS) is 10.3. The smallest absolute Gasteiger partial charge is 0.118 e. The van der Waals surface area contributed by atoms with Gasteiger partial charge in [0.1, 0.15) is 5.03 Å². The summed E-state index contributed by atoms with van der Waals surface area (Å²) in [7, 11) is 1.97. The molecular weight excluding hydrogens is 144 g/mol. The quantitative estimate of drug-likeness (QED) is 0.608. The van der Waals surface area contributed by atoms with Gasteiger partial charge in [-0.25, -0.2) is 0 Å². The highest BCUT2D eigenvalue weighted by molar-refractivity contribution is 7.99. The van der Waals surface area contributed by atoms with Gasteiger partial charge in [-0.15, -0.1) is 11.8 Å². The first-order valence-electron chi connectivity index (χ1n) is 3.37. The number of hydrogen-bond acceptors (Lipinski definition) is 2. The van der Waals surface area contributed by atoms with Gasteiger partial charge in [-0.3, -0.25) is 4.68 Å². The van der Waals surface area contributed by atoms with Crippen LogP contribution in [0.4, 0.5) is 0 Å². The molecule has 10 heavy (non-hydrogen) atoms. The van der Waals surface area contributed by atoms with E-state index in [1.165, 1.54) is 5.69 Å². The number of thioether (sulfide) groups is 1. The summed E-state index contributed by atoms with van der Waals surface area (Å²) in [5.74, 6) is 1.09. The Bertz CT molecular complexity index is 198. The Morgan fingerprint density at radius 1 is 1.70 bits per heavy atom. The summed E-state index contributed by atoms with van der Waals surface area (Å²) < 4.78 is 1.90. The van der Waals surface area contributed by atoms with E-state index in [9.17, 15) is 0 Å².